The molecule has 30 heavy (non-hydrogen) atoms. The van der Waals surface area contributed by atoms with E-state index in [1.807, 2.05) is 0 Å². The lowest BCUT2D eigenvalue weighted by Crippen LogP contribution is -2.22. The molecular formula is C25H37NO4. The molecule has 0 heterocycles. The van der Waals surface area contributed by atoms with Crippen LogP contribution in [0.3, 0.4) is 0 Å². The largest absolute Gasteiger partial charge is 0.508 e. The maximum absolute atomic E-state index is 10.6. The first-order valence-electron chi connectivity index (χ1n) is 17.9. The van der Waals surface area contributed by atoms with Gasteiger partial charge in [-0.25, -0.2) is 0 Å². The number of aliphatic hydroxyl groups is 2. The predicted octanol–water partition coefficient (Wildman–Crippen LogP) is 4.11. The van der Waals surface area contributed by atoms with E-state index >= 15 is 0 Å². The number of benzene rings is 2. The van der Waals surface area contributed by atoms with Gasteiger partial charge in [0.05, 0.1) is 27.7 Å². The Morgan fingerprint density at radius 2 is 1.90 bits per heavy atom. The van der Waals surface area contributed by atoms with Crippen LogP contribution >= 0.6 is 0 Å². The number of rotatable bonds is 16. The zero-order valence-electron chi connectivity index (χ0n) is 33.4. The van der Waals surface area contributed by atoms with E-state index in [-0.39, 0.29) is 25.6 Å². The maximum atomic E-state index is 10.6. The summed E-state index contributed by atoms with van der Waals surface area (Å²) in [5, 5.41) is 33.0. The van der Waals surface area contributed by atoms with Gasteiger partial charge in [0.1, 0.15) is 5.75 Å². The third kappa shape index (κ3) is 9.72. The first kappa shape index (κ1) is 9.70. The average molecular weight is 433 g/mol. The van der Waals surface area contributed by atoms with Crippen LogP contribution in [-0.4, -0.2) is 41.6 Å². The van der Waals surface area contributed by atoms with Crippen molar-refractivity contribution in [3.8, 4) is 5.75 Å². The van der Waals surface area contributed by atoms with Crippen molar-refractivity contribution in [1.29, 1.82) is 0 Å². The van der Waals surface area contributed by atoms with Crippen LogP contribution in [0.5, 0.6) is 5.75 Å². The van der Waals surface area contributed by atoms with Gasteiger partial charge in [0, 0.05) is 33.5 Å². The molecule has 2 rings (SSSR count). The minimum atomic E-state index is -3.64. The molecule has 0 saturated heterocycles. The van der Waals surface area contributed by atoms with Crippen molar-refractivity contribution >= 4 is 0 Å². The van der Waals surface area contributed by atoms with Crippen LogP contribution in [0.2, 0.25) is 0 Å². The SMILES string of the molecule is [2H]c1cc([2H])c(C([2H])([2H])C([2H])([2H])C([2H])([2H])C([2H])([2H])OCCCCCCNCC([2H])(O)c2c([2H])c([2H])c(O)c(C([2H])([2H])O)c2[2H])c([2H])c1. The van der Waals surface area contributed by atoms with Gasteiger partial charge >= 0.3 is 0 Å². The summed E-state index contributed by atoms with van der Waals surface area (Å²) in [4.78, 5) is 0. The Morgan fingerprint density at radius 1 is 1.10 bits per heavy atom. The van der Waals surface area contributed by atoms with Crippen molar-refractivity contribution in [1.82, 2.24) is 5.32 Å². The molecule has 0 aliphatic heterocycles. The van der Waals surface area contributed by atoms with Gasteiger partial charge in [0.2, 0.25) is 0 Å². The second kappa shape index (κ2) is 15.0. The minimum absolute atomic E-state index is 0.169. The van der Waals surface area contributed by atoms with Crippen molar-refractivity contribution in [2.75, 3.05) is 26.3 Å². The van der Waals surface area contributed by atoms with Crippen LogP contribution in [0.15, 0.2) is 48.4 Å². The summed E-state index contributed by atoms with van der Waals surface area (Å²) in [5.41, 5.74) is -2.69. The third-order valence-corrected chi connectivity index (χ3v) is 3.81. The van der Waals surface area contributed by atoms with Gasteiger partial charge in [-0.3, -0.25) is 0 Å². The maximum Gasteiger partial charge on any atom is 0.121 e. The average Bonchev–Trinajstić information content (AvgIpc) is 2.88. The molecule has 0 aliphatic carbocycles. The Hall–Kier alpha value is -1.92. The number of unbranched alkanes of at least 4 members (excludes halogenated alkanes) is 3. The zero-order chi connectivity index (χ0) is 36.6. The second-order valence-corrected chi connectivity index (χ2v) is 6.07. The summed E-state index contributed by atoms with van der Waals surface area (Å²) in [6.45, 7) is -7.42. The van der Waals surface area contributed by atoms with E-state index < -0.39 is 97.5 Å². The van der Waals surface area contributed by atoms with Crippen molar-refractivity contribution in [2.45, 2.75) is 57.4 Å². The molecule has 5 nitrogen and oxygen atoms in total. The lowest BCUT2D eigenvalue weighted by atomic mass is 10.1. The number of nitrogens with one attached hydrogen (secondary N) is 1. The normalized spacial score (nSPS) is 23.9. The van der Waals surface area contributed by atoms with Gasteiger partial charge in [-0.15, -0.1) is 0 Å². The summed E-state index contributed by atoms with van der Waals surface area (Å²) in [6, 6.07) is -2.86. The molecular weight excluding hydrogens is 378 g/mol. The molecule has 0 radical (unpaired) electrons. The van der Waals surface area contributed by atoms with Crippen molar-refractivity contribution in [2.24, 2.45) is 0 Å². The molecule has 2 aromatic carbocycles. The standard InChI is InChI=1S/C25H37NO4/c27-20-23-18-22(13-14-24(23)28)25(29)19-26-15-7-1-2-8-16-30-17-9-6-12-21-10-4-3-5-11-21/h3-5,10-11,13-14,18,25-29H,1-2,6-9,12,15-17,19-20H2/i3D,6D2,9D2,10D,11D,12D2,13D,14D,17D2,18D,20D2,25D. The Labute approximate surface area is 204 Å². The molecule has 2 aromatic rings. The molecule has 0 aromatic heterocycles. The number of ether oxygens (including phenoxy) is 1. The van der Waals surface area contributed by atoms with Crippen LogP contribution in [0.25, 0.3) is 0 Å². The molecule has 166 valence electrons. The first-order chi connectivity index (χ1) is 21.2. The second-order valence-electron chi connectivity index (χ2n) is 6.07. The number of aromatic hydroxyl groups is 1. The topological polar surface area (TPSA) is 82.0 Å². The molecule has 1 atom stereocenters. The molecule has 0 bridgehead atoms. The third-order valence-electron chi connectivity index (χ3n) is 3.81. The van der Waals surface area contributed by atoms with Crippen LogP contribution in [0.1, 0.15) is 84.5 Å². The number of hydrogen-bond acceptors (Lipinski definition) is 5. The molecule has 4 N–H and O–H groups in total. The van der Waals surface area contributed by atoms with Crippen molar-refractivity contribution < 1.29 is 43.4 Å². The lowest BCUT2D eigenvalue weighted by Gasteiger charge is -2.14. The van der Waals surface area contributed by atoms with Gasteiger partial charge in [-0.1, -0.05) is 49.1 Å². The van der Waals surface area contributed by atoms with Gasteiger partial charge in [0.25, 0.3) is 0 Å². The predicted molar refractivity (Wildman–Crippen MR) is 121 cm³/mol. The Morgan fingerprint density at radius 3 is 2.70 bits per heavy atom. The fourth-order valence-corrected chi connectivity index (χ4v) is 2.29. The zero-order valence-corrected chi connectivity index (χ0v) is 16.4. The van der Waals surface area contributed by atoms with Crippen molar-refractivity contribution in [3.63, 3.8) is 0 Å². The quantitative estimate of drug-likeness (QED) is 0.300. The Bertz CT molecular complexity index is 1410. The summed E-state index contributed by atoms with van der Waals surface area (Å²) in [6.07, 6.45) is -11.9. The first-order valence-corrected chi connectivity index (χ1v) is 9.38. The van der Waals surface area contributed by atoms with Crippen LogP contribution < -0.4 is 5.32 Å². The van der Waals surface area contributed by atoms with E-state index in [9.17, 15) is 15.3 Å². The fraction of sp³-hybridized carbons (Fsp3) is 0.520. The highest BCUT2D eigenvalue weighted by Gasteiger charge is 2.09. The highest BCUT2D eigenvalue weighted by atomic mass is 16.5. The lowest BCUT2D eigenvalue weighted by molar-refractivity contribution is 0.126. The molecule has 1 unspecified atom stereocenters. The molecule has 0 fully saturated rings. The van der Waals surface area contributed by atoms with E-state index in [1.54, 1.807) is 0 Å². The highest BCUT2D eigenvalue weighted by molar-refractivity contribution is 5.36. The van der Waals surface area contributed by atoms with Gasteiger partial charge in [0.15, 0.2) is 0 Å². The molecule has 0 amide bonds. The molecule has 5 heteroatoms. The molecule has 0 saturated carbocycles. The Balaban J connectivity index is 1.94. The summed E-state index contributed by atoms with van der Waals surface area (Å²) in [7, 11) is 0. The number of hydrogen-bond donors (Lipinski definition) is 4. The monoisotopic (exact) mass is 432 g/mol. The number of phenols is 1. The molecule has 0 aliphatic rings. The summed E-state index contributed by atoms with van der Waals surface area (Å²) < 4.78 is 141. The van der Waals surface area contributed by atoms with Gasteiger partial charge in [-0.2, -0.15) is 0 Å². The van der Waals surface area contributed by atoms with E-state index in [0.29, 0.717) is 19.3 Å². The van der Waals surface area contributed by atoms with Crippen molar-refractivity contribution in [3.05, 3.63) is 65.1 Å². The van der Waals surface area contributed by atoms with E-state index in [1.165, 1.54) is 0 Å². The van der Waals surface area contributed by atoms with Crippen LogP contribution in [0.4, 0.5) is 0 Å². The minimum Gasteiger partial charge on any atom is -0.508 e. The van der Waals surface area contributed by atoms with E-state index in [4.69, 9.17) is 28.0 Å². The van der Waals surface area contributed by atoms with E-state index in [0.717, 1.165) is 12.1 Å². The highest BCUT2D eigenvalue weighted by Crippen LogP contribution is 2.22. The van der Waals surface area contributed by atoms with Crippen LogP contribution in [0, 0.1) is 0 Å². The smallest absolute Gasteiger partial charge is 0.121 e. The Kier molecular flexibility index (Phi) is 4.84. The summed E-state index contributed by atoms with van der Waals surface area (Å²) in [5.74, 6) is -1.16. The fourth-order valence-electron chi connectivity index (χ4n) is 2.29. The van der Waals surface area contributed by atoms with E-state index in [2.05, 4.69) is 5.32 Å². The molecule has 0 spiro atoms. The van der Waals surface area contributed by atoms with Gasteiger partial charge < -0.3 is 25.4 Å². The van der Waals surface area contributed by atoms with Crippen LogP contribution in [-0.2, 0) is 17.7 Å². The summed E-state index contributed by atoms with van der Waals surface area (Å²) >= 11 is 0. The van der Waals surface area contributed by atoms with Gasteiger partial charge in [-0.05, 0) is 61.7 Å².